The molecule has 0 aliphatic carbocycles. The van der Waals surface area contributed by atoms with E-state index in [1.54, 1.807) is 12.1 Å². The molecule has 0 aliphatic rings. The van der Waals surface area contributed by atoms with E-state index in [2.05, 4.69) is 20.8 Å². The summed E-state index contributed by atoms with van der Waals surface area (Å²) in [4.78, 5) is 2.15. The number of nitrogens with zero attached hydrogens (tertiary/aromatic N) is 1. The Labute approximate surface area is 104 Å². The van der Waals surface area contributed by atoms with Gasteiger partial charge in [0.05, 0.1) is 4.47 Å². The molecule has 16 heavy (non-hydrogen) atoms. The third kappa shape index (κ3) is 4.17. The van der Waals surface area contributed by atoms with E-state index in [9.17, 15) is 4.39 Å². The van der Waals surface area contributed by atoms with E-state index in [4.69, 9.17) is 11.5 Å². The van der Waals surface area contributed by atoms with Crippen LogP contribution in [0.2, 0.25) is 0 Å². The van der Waals surface area contributed by atoms with Crippen molar-refractivity contribution >= 4 is 15.9 Å². The lowest BCUT2D eigenvalue weighted by molar-refractivity contribution is 0.280. The first-order chi connectivity index (χ1) is 7.67. The van der Waals surface area contributed by atoms with Crippen LogP contribution >= 0.6 is 15.9 Å². The van der Waals surface area contributed by atoms with Crippen molar-refractivity contribution in [3.8, 4) is 0 Å². The van der Waals surface area contributed by atoms with E-state index in [0.717, 1.165) is 25.2 Å². The van der Waals surface area contributed by atoms with Gasteiger partial charge in [-0.05, 0) is 33.6 Å². The van der Waals surface area contributed by atoms with Crippen LogP contribution < -0.4 is 11.5 Å². The molecule has 0 bridgehead atoms. The zero-order chi connectivity index (χ0) is 12.0. The van der Waals surface area contributed by atoms with E-state index in [0.29, 0.717) is 17.6 Å². The summed E-state index contributed by atoms with van der Waals surface area (Å²) >= 11 is 3.17. The van der Waals surface area contributed by atoms with Crippen LogP contribution in [-0.2, 0) is 6.54 Å². The molecule has 0 atom stereocenters. The molecule has 0 unspecified atom stereocenters. The highest BCUT2D eigenvalue weighted by Crippen LogP contribution is 2.17. The molecule has 3 nitrogen and oxygen atoms in total. The summed E-state index contributed by atoms with van der Waals surface area (Å²) in [6, 6.07) is 5.03. The maximum absolute atomic E-state index is 13.0. The molecular weight excluding hydrogens is 273 g/mol. The fourth-order valence-electron chi connectivity index (χ4n) is 1.53. The molecule has 1 aromatic carbocycles. The minimum absolute atomic E-state index is 0.243. The van der Waals surface area contributed by atoms with Crippen LogP contribution in [-0.4, -0.2) is 31.1 Å². The molecule has 0 saturated carbocycles. The highest BCUT2D eigenvalue weighted by molar-refractivity contribution is 9.10. The Bertz CT molecular complexity index is 327. The van der Waals surface area contributed by atoms with Gasteiger partial charge < -0.3 is 11.5 Å². The van der Waals surface area contributed by atoms with Crippen molar-refractivity contribution in [1.82, 2.24) is 4.90 Å². The molecule has 1 aromatic rings. The third-order valence-corrected chi connectivity index (χ3v) is 2.89. The summed E-state index contributed by atoms with van der Waals surface area (Å²) in [5.74, 6) is -0.243. The first-order valence-electron chi connectivity index (χ1n) is 5.23. The molecule has 0 heterocycles. The van der Waals surface area contributed by atoms with Crippen LogP contribution in [0.5, 0.6) is 0 Å². The Morgan fingerprint density at radius 2 is 1.81 bits per heavy atom. The quantitative estimate of drug-likeness (QED) is 0.830. The lowest BCUT2D eigenvalue weighted by Crippen LogP contribution is -2.33. The number of rotatable bonds is 6. The van der Waals surface area contributed by atoms with Crippen molar-refractivity contribution in [3.63, 3.8) is 0 Å². The predicted molar refractivity (Wildman–Crippen MR) is 67.5 cm³/mol. The first kappa shape index (κ1) is 13.6. The van der Waals surface area contributed by atoms with Gasteiger partial charge in [0, 0.05) is 32.7 Å². The number of hydrogen-bond donors (Lipinski definition) is 2. The smallest absolute Gasteiger partial charge is 0.137 e. The van der Waals surface area contributed by atoms with Gasteiger partial charge in [-0.25, -0.2) is 4.39 Å². The van der Waals surface area contributed by atoms with Gasteiger partial charge in [0.25, 0.3) is 0 Å². The van der Waals surface area contributed by atoms with Crippen molar-refractivity contribution in [1.29, 1.82) is 0 Å². The summed E-state index contributed by atoms with van der Waals surface area (Å²) in [5.41, 5.74) is 12.1. The largest absolute Gasteiger partial charge is 0.329 e. The number of nitrogens with two attached hydrogens (primary N) is 2. The van der Waals surface area contributed by atoms with E-state index >= 15 is 0 Å². The van der Waals surface area contributed by atoms with Gasteiger partial charge in [-0.3, -0.25) is 4.90 Å². The van der Waals surface area contributed by atoms with Gasteiger partial charge in [-0.1, -0.05) is 6.07 Å². The average Bonchev–Trinajstić information content (AvgIpc) is 2.24. The molecular formula is C11H17BrFN3. The lowest BCUT2D eigenvalue weighted by Gasteiger charge is -2.20. The van der Waals surface area contributed by atoms with Crippen molar-refractivity contribution in [2.75, 3.05) is 26.2 Å². The molecule has 0 spiro atoms. The number of halogens is 2. The van der Waals surface area contributed by atoms with Crippen molar-refractivity contribution < 1.29 is 4.39 Å². The second-order valence-electron chi connectivity index (χ2n) is 3.60. The fourth-order valence-corrected chi connectivity index (χ4v) is 1.96. The maximum atomic E-state index is 13.0. The molecule has 5 heteroatoms. The van der Waals surface area contributed by atoms with Crippen molar-refractivity contribution in [3.05, 3.63) is 34.1 Å². The molecule has 0 fully saturated rings. The van der Waals surface area contributed by atoms with Crippen LogP contribution in [0.25, 0.3) is 0 Å². The number of hydrogen-bond acceptors (Lipinski definition) is 3. The van der Waals surface area contributed by atoms with Gasteiger partial charge in [-0.2, -0.15) is 0 Å². The minimum Gasteiger partial charge on any atom is -0.329 e. The summed E-state index contributed by atoms with van der Waals surface area (Å²) in [6.07, 6.45) is 0. The zero-order valence-corrected chi connectivity index (χ0v) is 10.7. The van der Waals surface area contributed by atoms with Crippen LogP contribution in [0.1, 0.15) is 5.56 Å². The molecule has 1 rings (SSSR count). The first-order valence-corrected chi connectivity index (χ1v) is 6.03. The second kappa shape index (κ2) is 6.96. The zero-order valence-electron chi connectivity index (χ0n) is 9.13. The van der Waals surface area contributed by atoms with Crippen LogP contribution in [0.15, 0.2) is 22.7 Å². The normalized spacial score (nSPS) is 11.1. The fraction of sp³-hybridized carbons (Fsp3) is 0.455. The Morgan fingerprint density at radius 1 is 1.19 bits per heavy atom. The van der Waals surface area contributed by atoms with Gasteiger partial charge >= 0.3 is 0 Å². The van der Waals surface area contributed by atoms with Crippen molar-refractivity contribution in [2.24, 2.45) is 11.5 Å². The SMILES string of the molecule is NCCN(CCN)Cc1ccc(F)c(Br)c1. The Hall–Kier alpha value is -0.490. The molecule has 0 saturated heterocycles. The standard InChI is InChI=1S/C11H17BrFN3/c12-10-7-9(1-2-11(10)13)8-16(5-3-14)6-4-15/h1-2,7H,3-6,8,14-15H2. The molecule has 0 radical (unpaired) electrons. The van der Waals surface area contributed by atoms with E-state index < -0.39 is 0 Å². The lowest BCUT2D eigenvalue weighted by atomic mass is 10.2. The topological polar surface area (TPSA) is 55.3 Å². The predicted octanol–water partition coefficient (Wildman–Crippen LogP) is 1.31. The van der Waals surface area contributed by atoms with E-state index in [1.165, 1.54) is 6.07 Å². The summed E-state index contributed by atoms with van der Waals surface area (Å²) in [5, 5.41) is 0. The summed E-state index contributed by atoms with van der Waals surface area (Å²) < 4.78 is 13.5. The second-order valence-corrected chi connectivity index (χ2v) is 4.46. The molecule has 0 aromatic heterocycles. The Morgan fingerprint density at radius 3 is 2.31 bits per heavy atom. The average molecular weight is 290 g/mol. The molecule has 4 N–H and O–H groups in total. The van der Waals surface area contributed by atoms with E-state index in [-0.39, 0.29) is 5.82 Å². The van der Waals surface area contributed by atoms with Gasteiger partial charge in [0.1, 0.15) is 5.82 Å². The van der Waals surface area contributed by atoms with Crippen molar-refractivity contribution in [2.45, 2.75) is 6.54 Å². The molecule has 0 amide bonds. The summed E-state index contributed by atoms with van der Waals surface area (Å²) in [6.45, 7) is 3.54. The van der Waals surface area contributed by atoms with Crippen LogP contribution in [0.4, 0.5) is 4.39 Å². The maximum Gasteiger partial charge on any atom is 0.137 e. The van der Waals surface area contributed by atoms with Gasteiger partial charge in [0.15, 0.2) is 0 Å². The molecule has 90 valence electrons. The highest BCUT2D eigenvalue weighted by atomic mass is 79.9. The van der Waals surface area contributed by atoms with Gasteiger partial charge in [-0.15, -0.1) is 0 Å². The van der Waals surface area contributed by atoms with E-state index in [1.807, 2.05) is 0 Å². The number of benzene rings is 1. The molecule has 0 aliphatic heterocycles. The highest BCUT2D eigenvalue weighted by Gasteiger charge is 2.06. The Balaban J connectivity index is 2.65. The minimum atomic E-state index is -0.243. The van der Waals surface area contributed by atoms with Gasteiger partial charge in [0.2, 0.25) is 0 Å². The van der Waals surface area contributed by atoms with Crippen LogP contribution in [0, 0.1) is 5.82 Å². The Kier molecular flexibility index (Phi) is 5.90. The van der Waals surface area contributed by atoms with Crippen LogP contribution in [0.3, 0.4) is 0 Å². The summed E-state index contributed by atoms with van der Waals surface area (Å²) in [7, 11) is 0. The monoisotopic (exact) mass is 289 g/mol. The third-order valence-electron chi connectivity index (χ3n) is 2.28.